The molecule has 0 aliphatic carbocycles. The molecule has 2 fully saturated rings. The fourth-order valence-corrected chi connectivity index (χ4v) is 4.03. The highest BCUT2D eigenvalue weighted by atomic mass is 32.2. The molecule has 2 saturated heterocycles. The van der Waals surface area contributed by atoms with Gasteiger partial charge in [0.15, 0.2) is 0 Å². The third-order valence-corrected chi connectivity index (χ3v) is 5.08. The molecule has 2 nitrogen and oxygen atoms in total. The van der Waals surface area contributed by atoms with Crippen molar-refractivity contribution in [1.82, 2.24) is 4.90 Å². The van der Waals surface area contributed by atoms with Crippen LogP contribution in [0.3, 0.4) is 0 Å². The van der Waals surface area contributed by atoms with E-state index in [1.165, 1.54) is 44.6 Å². The van der Waals surface area contributed by atoms with Gasteiger partial charge in [0.1, 0.15) is 0 Å². The van der Waals surface area contributed by atoms with E-state index in [0.29, 0.717) is 4.75 Å². The molecular formula is C11H22N2S. The van der Waals surface area contributed by atoms with Crippen LogP contribution in [-0.4, -0.2) is 41.6 Å². The Bertz CT molecular complexity index is 190. The van der Waals surface area contributed by atoms with Gasteiger partial charge in [0, 0.05) is 17.8 Å². The van der Waals surface area contributed by atoms with E-state index in [0.717, 1.165) is 12.5 Å². The zero-order chi connectivity index (χ0) is 10.0. The van der Waals surface area contributed by atoms with E-state index in [2.05, 4.69) is 23.6 Å². The molecule has 0 amide bonds. The molecule has 14 heavy (non-hydrogen) atoms. The molecule has 0 aromatic heterocycles. The van der Waals surface area contributed by atoms with Crippen molar-refractivity contribution in [3.8, 4) is 0 Å². The topological polar surface area (TPSA) is 29.3 Å². The summed E-state index contributed by atoms with van der Waals surface area (Å²) in [5.41, 5.74) is 5.71. The Hall–Kier alpha value is 0.270. The van der Waals surface area contributed by atoms with Crippen molar-refractivity contribution in [1.29, 1.82) is 0 Å². The first-order valence-corrected chi connectivity index (χ1v) is 6.77. The lowest BCUT2D eigenvalue weighted by Crippen LogP contribution is -2.36. The zero-order valence-corrected chi connectivity index (χ0v) is 9.98. The lowest BCUT2D eigenvalue weighted by molar-refractivity contribution is 0.292. The van der Waals surface area contributed by atoms with Crippen LogP contribution in [-0.2, 0) is 0 Å². The van der Waals surface area contributed by atoms with Crippen LogP contribution in [0, 0.1) is 5.92 Å². The Morgan fingerprint density at radius 3 is 3.00 bits per heavy atom. The van der Waals surface area contributed by atoms with Crippen molar-refractivity contribution in [2.75, 3.05) is 31.9 Å². The standard InChI is InChI=1S/C11H22N2S/c1-11(4-2-6-14-11)9-13-5-3-10(7-12)8-13/h10H,2-9,12H2,1H3. The number of nitrogens with zero attached hydrogens (tertiary/aromatic N) is 1. The molecule has 0 aromatic carbocycles. The molecule has 82 valence electrons. The highest BCUT2D eigenvalue weighted by molar-refractivity contribution is 8.00. The van der Waals surface area contributed by atoms with Crippen LogP contribution >= 0.6 is 11.8 Å². The highest BCUT2D eigenvalue weighted by Crippen LogP contribution is 2.38. The molecule has 3 heteroatoms. The van der Waals surface area contributed by atoms with Gasteiger partial charge >= 0.3 is 0 Å². The van der Waals surface area contributed by atoms with Gasteiger partial charge in [-0.2, -0.15) is 11.8 Å². The maximum atomic E-state index is 5.71. The van der Waals surface area contributed by atoms with Gasteiger partial charge in [-0.1, -0.05) is 0 Å². The molecule has 2 unspecified atom stereocenters. The summed E-state index contributed by atoms with van der Waals surface area (Å²) in [5.74, 6) is 2.13. The van der Waals surface area contributed by atoms with Crippen LogP contribution in [0.2, 0.25) is 0 Å². The lowest BCUT2D eigenvalue weighted by Gasteiger charge is -2.28. The molecular weight excluding hydrogens is 192 g/mol. The quantitative estimate of drug-likeness (QED) is 0.773. The van der Waals surface area contributed by atoms with Crippen molar-refractivity contribution < 1.29 is 0 Å². The van der Waals surface area contributed by atoms with Crippen LogP contribution in [0.4, 0.5) is 0 Å². The van der Waals surface area contributed by atoms with E-state index in [9.17, 15) is 0 Å². The monoisotopic (exact) mass is 214 g/mol. The molecule has 0 bridgehead atoms. The Balaban J connectivity index is 1.80. The Kier molecular flexibility index (Phi) is 3.40. The molecule has 0 saturated carbocycles. The molecule has 0 spiro atoms. The number of thioether (sulfide) groups is 1. The minimum Gasteiger partial charge on any atom is -0.330 e. The fourth-order valence-electron chi connectivity index (χ4n) is 2.68. The second-order valence-corrected chi connectivity index (χ2v) is 6.71. The number of hydrogen-bond acceptors (Lipinski definition) is 3. The summed E-state index contributed by atoms with van der Waals surface area (Å²) in [6.07, 6.45) is 4.13. The predicted octanol–water partition coefficient (Wildman–Crippen LogP) is 1.55. The minimum atomic E-state index is 0.545. The molecule has 2 aliphatic heterocycles. The van der Waals surface area contributed by atoms with E-state index >= 15 is 0 Å². The fraction of sp³-hybridized carbons (Fsp3) is 1.00. The summed E-state index contributed by atoms with van der Waals surface area (Å²) in [5, 5.41) is 0. The number of rotatable bonds is 3. The third-order valence-electron chi connectivity index (χ3n) is 3.56. The molecule has 2 N–H and O–H groups in total. The summed E-state index contributed by atoms with van der Waals surface area (Å²) >= 11 is 2.17. The third kappa shape index (κ3) is 2.44. The lowest BCUT2D eigenvalue weighted by atomic mass is 10.1. The summed E-state index contributed by atoms with van der Waals surface area (Å²) < 4.78 is 0.545. The second kappa shape index (κ2) is 4.42. The van der Waals surface area contributed by atoms with Crippen LogP contribution in [0.5, 0.6) is 0 Å². The first kappa shape index (κ1) is 10.8. The molecule has 2 rings (SSSR count). The van der Waals surface area contributed by atoms with Crippen molar-refractivity contribution in [2.45, 2.75) is 30.9 Å². The van der Waals surface area contributed by atoms with Crippen molar-refractivity contribution >= 4 is 11.8 Å². The van der Waals surface area contributed by atoms with Gasteiger partial charge in [0.25, 0.3) is 0 Å². The number of nitrogens with two attached hydrogens (primary N) is 1. The largest absolute Gasteiger partial charge is 0.330 e. The summed E-state index contributed by atoms with van der Waals surface area (Å²) in [6, 6.07) is 0. The SMILES string of the molecule is CC1(CN2CCC(CN)C2)CCCS1. The van der Waals surface area contributed by atoms with Crippen molar-refractivity contribution in [3.05, 3.63) is 0 Å². The summed E-state index contributed by atoms with van der Waals surface area (Å²) in [4.78, 5) is 2.62. The zero-order valence-electron chi connectivity index (χ0n) is 9.17. The second-order valence-electron chi connectivity index (χ2n) is 5.03. The van der Waals surface area contributed by atoms with E-state index in [1.807, 2.05) is 0 Å². The molecule has 0 aromatic rings. The van der Waals surface area contributed by atoms with Gasteiger partial charge in [-0.05, 0) is 50.9 Å². The van der Waals surface area contributed by atoms with E-state index in [1.54, 1.807) is 0 Å². The predicted molar refractivity (Wildman–Crippen MR) is 63.7 cm³/mol. The molecule has 2 atom stereocenters. The Morgan fingerprint density at radius 2 is 2.43 bits per heavy atom. The maximum Gasteiger partial charge on any atom is 0.0259 e. The Labute approximate surface area is 91.6 Å². The van der Waals surface area contributed by atoms with E-state index in [-0.39, 0.29) is 0 Å². The first-order chi connectivity index (χ1) is 6.72. The first-order valence-electron chi connectivity index (χ1n) is 5.78. The van der Waals surface area contributed by atoms with Gasteiger partial charge in [0.05, 0.1) is 0 Å². The summed E-state index contributed by atoms with van der Waals surface area (Å²) in [6.45, 7) is 7.11. The van der Waals surface area contributed by atoms with Gasteiger partial charge in [-0.25, -0.2) is 0 Å². The Morgan fingerprint density at radius 1 is 1.57 bits per heavy atom. The molecule has 2 aliphatic rings. The van der Waals surface area contributed by atoms with Crippen LogP contribution in [0.15, 0.2) is 0 Å². The average Bonchev–Trinajstić information content (AvgIpc) is 2.75. The van der Waals surface area contributed by atoms with E-state index in [4.69, 9.17) is 5.73 Å². The van der Waals surface area contributed by atoms with Gasteiger partial charge in [-0.15, -0.1) is 0 Å². The van der Waals surface area contributed by atoms with Crippen LogP contribution < -0.4 is 5.73 Å². The average molecular weight is 214 g/mol. The van der Waals surface area contributed by atoms with Crippen LogP contribution in [0.25, 0.3) is 0 Å². The normalized spacial score (nSPS) is 39.4. The molecule has 0 radical (unpaired) electrons. The maximum absolute atomic E-state index is 5.71. The summed E-state index contributed by atoms with van der Waals surface area (Å²) in [7, 11) is 0. The number of likely N-dealkylation sites (tertiary alicyclic amines) is 1. The van der Waals surface area contributed by atoms with Gasteiger partial charge < -0.3 is 10.6 Å². The minimum absolute atomic E-state index is 0.545. The number of hydrogen-bond donors (Lipinski definition) is 1. The molecule has 2 heterocycles. The van der Waals surface area contributed by atoms with Crippen molar-refractivity contribution in [2.24, 2.45) is 11.7 Å². The van der Waals surface area contributed by atoms with E-state index < -0.39 is 0 Å². The van der Waals surface area contributed by atoms with Crippen molar-refractivity contribution in [3.63, 3.8) is 0 Å². The van der Waals surface area contributed by atoms with Gasteiger partial charge in [-0.3, -0.25) is 0 Å². The smallest absolute Gasteiger partial charge is 0.0259 e. The van der Waals surface area contributed by atoms with Crippen LogP contribution in [0.1, 0.15) is 26.2 Å². The highest BCUT2D eigenvalue weighted by Gasteiger charge is 2.33. The van der Waals surface area contributed by atoms with Gasteiger partial charge in [0.2, 0.25) is 0 Å².